The van der Waals surface area contributed by atoms with Crippen LogP contribution >= 0.6 is 0 Å². The van der Waals surface area contributed by atoms with Crippen LogP contribution in [0.1, 0.15) is 23.1 Å². The molecular weight excluding hydrogens is 289 g/mol. The Labute approximate surface area is 127 Å². The number of nitrogen functional groups attached to an aromatic ring is 1. The minimum absolute atomic E-state index is 0.192. The Balaban J connectivity index is 1.86. The van der Waals surface area contributed by atoms with Crippen molar-refractivity contribution < 1.29 is 13.2 Å². The van der Waals surface area contributed by atoms with Crippen molar-refractivity contribution in [3.8, 4) is 0 Å². The maximum absolute atomic E-state index is 12.7. The zero-order valence-corrected chi connectivity index (χ0v) is 12.0. The second kappa shape index (κ2) is 5.55. The van der Waals surface area contributed by atoms with E-state index in [1.54, 1.807) is 0 Å². The molecule has 1 aliphatic heterocycles. The molecule has 0 saturated heterocycles. The number of halogens is 3. The molecule has 1 aliphatic rings. The van der Waals surface area contributed by atoms with E-state index in [0.29, 0.717) is 6.54 Å². The Hall–Kier alpha value is -2.17. The maximum atomic E-state index is 12.7. The first-order valence-electron chi connectivity index (χ1n) is 7.23. The molecule has 0 saturated carbocycles. The molecule has 22 heavy (non-hydrogen) atoms. The highest BCUT2D eigenvalue weighted by Crippen LogP contribution is 2.33. The third-order valence-electron chi connectivity index (χ3n) is 4.04. The van der Waals surface area contributed by atoms with Gasteiger partial charge in [0.2, 0.25) is 0 Å². The highest BCUT2D eigenvalue weighted by atomic mass is 19.4. The highest BCUT2D eigenvalue weighted by Gasteiger charge is 2.31. The zero-order chi connectivity index (χ0) is 15.7. The van der Waals surface area contributed by atoms with Crippen LogP contribution in [0.3, 0.4) is 0 Å². The fraction of sp³-hybridized carbons (Fsp3) is 0.294. The molecule has 2 aromatic carbocycles. The molecule has 2 nitrogen and oxygen atoms in total. The van der Waals surface area contributed by atoms with E-state index in [-0.39, 0.29) is 5.69 Å². The average molecular weight is 306 g/mol. The Morgan fingerprint density at radius 1 is 1.09 bits per heavy atom. The summed E-state index contributed by atoms with van der Waals surface area (Å²) in [5.41, 5.74) is 8.47. The van der Waals surface area contributed by atoms with Gasteiger partial charge in [-0.25, -0.2) is 0 Å². The molecule has 116 valence electrons. The highest BCUT2D eigenvalue weighted by molar-refractivity contribution is 5.58. The Bertz CT molecular complexity index is 680. The molecule has 0 atom stereocenters. The topological polar surface area (TPSA) is 29.3 Å². The second-order valence-electron chi connectivity index (χ2n) is 5.57. The number of fused-ring (bicyclic) bond motifs is 1. The van der Waals surface area contributed by atoms with E-state index in [4.69, 9.17) is 5.73 Å². The van der Waals surface area contributed by atoms with Gasteiger partial charge in [0.25, 0.3) is 0 Å². The molecule has 2 aromatic rings. The summed E-state index contributed by atoms with van der Waals surface area (Å²) in [5.74, 6) is 0. The fourth-order valence-electron chi connectivity index (χ4n) is 2.90. The molecule has 0 bridgehead atoms. The summed E-state index contributed by atoms with van der Waals surface area (Å²) in [4.78, 5) is 2.18. The minimum atomic E-state index is -4.36. The lowest BCUT2D eigenvalue weighted by Crippen LogP contribution is -2.29. The number of hydrogen-bond donors (Lipinski definition) is 1. The number of para-hydroxylation sites is 1. The smallest absolute Gasteiger partial charge is 0.398 e. The summed E-state index contributed by atoms with van der Waals surface area (Å²) in [5, 5.41) is 0. The van der Waals surface area contributed by atoms with Crippen molar-refractivity contribution in [2.45, 2.75) is 25.6 Å². The molecule has 0 fully saturated rings. The van der Waals surface area contributed by atoms with Gasteiger partial charge in [0, 0.05) is 24.5 Å². The van der Waals surface area contributed by atoms with Gasteiger partial charge >= 0.3 is 6.18 Å². The van der Waals surface area contributed by atoms with Crippen LogP contribution in [-0.4, -0.2) is 6.54 Å². The lowest BCUT2D eigenvalue weighted by molar-refractivity contribution is -0.137. The summed E-state index contributed by atoms with van der Waals surface area (Å²) < 4.78 is 38.1. The van der Waals surface area contributed by atoms with Gasteiger partial charge < -0.3 is 10.6 Å². The van der Waals surface area contributed by atoms with Crippen molar-refractivity contribution in [3.05, 3.63) is 59.2 Å². The third-order valence-corrected chi connectivity index (χ3v) is 4.04. The van der Waals surface area contributed by atoms with E-state index in [1.807, 2.05) is 12.1 Å². The van der Waals surface area contributed by atoms with Gasteiger partial charge in [-0.3, -0.25) is 0 Å². The van der Waals surface area contributed by atoms with Crippen LogP contribution in [0.15, 0.2) is 42.5 Å². The molecular formula is C17H17F3N2. The van der Waals surface area contributed by atoms with E-state index in [1.165, 1.54) is 11.6 Å². The van der Waals surface area contributed by atoms with Crippen LogP contribution in [0, 0.1) is 0 Å². The predicted molar refractivity (Wildman–Crippen MR) is 81.7 cm³/mol. The number of anilines is 2. The van der Waals surface area contributed by atoms with Crippen LogP contribution < -0.4 is 10.6 Å². The van der Waals surface area contributed by atoms with Gasteiger partial charge in [0.05, 0.1) is 5.56 Å². The molecule has 0 aliphatic carbocycles. The summed E-state index contributed by atoms with van der Waals surface area (Å²) in [6.07, 6.45) is -2.28. The molecule has 2 N–H and O–H groups in total. The van der Waals surface area contributed by atoms with Crippen LogP contribution in [0.5, 0.6) is 0 Å². The predicted octanol–water partition coefficient (Wildman–Crippen LogP) is 4.24. The van der Waals surface area contributed by atoms with Crippen molar-refractivity contribution in [3.63, 3.8) is 0 Å². The molecule has 0 amide bonds. The normalized spacial score (nSPS) is 14.8. The van der Waals surface area contributed by atoms with Crippen LogP contribution in [0.25, 0.3) is 0 Å². The Morgan fingerprint density at radius 2 is 1.86 bits per heavy atom. The van der Waals surface area contributed by atoms with E-state index < -0.39 is 11.7 Å². The number of aryl methyl sites for hydroxylation is 1. The van der Waals surface area contributed by atoms with Gasteiger partial charge in [0.15, 0.2) is 0 Å². The monoisotopic (exact) mass is 306 g/mol. The first-order valence-corrected chi connectivity index (χ1v) is 7.23. The first-order chi connectivity index (χ1) is 10.4. The number of nitrogens with zero attached hydrogens (tertiary/aromatic N) is 1. The van der Waals surface area contributed by atoms with Crippen molar-refractivity contribution in [2.75, 3.05) is 17.2 Å². The van der Waals surface area contributed by atoms with Gasteiger partial charge in [-0.1, -0.05) is 24.3 Å². The summed E-state index contributed by atoms with van der Waals surface area (Å²) >= 11 is 0. The lowest BCUT2D eigenvalue weighted by atomic mass is 10.0. The van der Waals surface area contributed by atoms with E-state index in [0.717, 1.165) is 42.8 Å². The molecule has 5 heteroatoms. The average Bonchev–Trinajstić information content (AvgIpc) is 2.48. The Morgan fingerprint density at radius 3 is 2.59 bits per heavy atom. The summed E-state index contributed by atoms with van der Waals surface area (Å²) in [6, 6.07) is 11.7. The molecule has 0 spiro atoms. The fourth-order valence-corrected chi connectivity index (χ4v) is 2.90. The first kappa shape index (κ1) is 14.8. The van der Waals surface area contributed by atoms with Gasteiger partial charge in [0.1, 0.15) is 0 Å². The second-order valence-corrected chi connectivity index (χ2v) is 5.57. The van der Waals surface area contributed by atoms with Gasteiger partial charge in [-0.05, 0) is 42.2 Å². The lowest BCUT2D eigenvalue weighted by Gasteiger charge is -2.31. The van der Waals surface area contributed by atoms with Gasteiger partial charge in [-0.15, -0.1) is 0 Å². The van der Waals surface area contributed by atoms with E-state index in [9.17, 15) is 13.2 Å². The van der Waals surface area contributed by atoms with Gasteiger partial charge in [-0.2, -0.15) is 13.2 Å². The van der Waals surface area contributed by atoms with Crippen LogP contribution in [-0.2, 0) is 19.1 Å². The number of nitrogens with two attached hydrogens (primary N) is 1. The van der Waals surface area contributed by atoms with E-state index >= 15 is 0 Å². The third kappa shape index (κ3) is 2.89. The van der Waals surface area contributed by atoms with Crippen molar-refractivity contribution in [2.24, 2.45) is 0 Å². The molecule has 1 heterocycles. The molecule has 0 radical (unpaired) electrons. The maximum Gasteiger partial charge on any atom is 0.416 e. The molecule has 3 rings (SSSR count). The zero-order valence-electron chi connectivity index (χ0n) is 12.0. The summed E-state index contributed by atoms with van der Waals surface area (Å²) in [7, 11) is 0. The standard InChI is InChI=1S/C17H17F3N2/c18-17(19,20)14-8-7-13(15(21)10-14)11-22-9-3-5-12-4-1-2-6-16(12)22/h1-2,4,6-8,10H,3,5,9,11,21H2. The SMILES string of the molecule is Nc1cc(C(F)(F)F)ccc1CN1CCCc2ccccc21. The van der Waals surface area contributed by atoms with Crippen molar-refractivity contribution >= 4 is 11.4 Å². The minimum Gasteiger partial charge on any atom is -0.398 e. The van der Waals surface area contributed by atoms with Crippen LogP contribution in [0.4, 0.5) is 24.5 Å². The Kier molecular flexibility index (Phi) is 3.72. The van der Waals surface area contributed by atoms with E-state index in [2.05, 4.69) is 17.0 Å². The summed E-state index contributed by atoms with van der Waals surface area (Å²) in [6.45, 7) is 1.42. The number of rotatable bonds is 2. The molecule has 0 aromatic heterocycles. The number of benzene rings is 2. The van der Waals surface area contributed by atoms with Crippen molar-refractivity contribution in [1.29, 1.82) is 0 Å². The molecule has 0 unspecified atom stereocenters. The quantitative estimate of drug-likeness (QED) is 0.841. The number of hydrogen-bond acceptors (Lipinski definition) is 2. The van der Waals surface area contributed by atoms with Crippen molar-refractivity contribution in [1.82, 2.24) is 0 Å². The van der Waals surface area contributed by atoms with Crippen LogP contribution in [0.2, 0.25) is 0 Å². The number of alkyl halides is 3. The largest absolute Gasteiger partial charge is 0.416 e.